The number of rotatable bonds is 8. The van der Waals surface area contributed by atoms with E-state index < -0.39 is 20.9 Å². The van der Waals surface area contributed by atoms with Gasteiger partial charge in [-0.05, 0) is 49.1 Å². The van der Waals surface area contributed by atoms with Crippen LogP contribution in [-0.4, -0.2) is 66.3 Å². The molecule has 2 aromatic heterocycles. The van der Waals surface area contributed by atoms with Crippen LogP contribution in [0.15, 0.2) is 58.0 Å². The zero-order chi connectivity index (χ0) is 28.4. The summed E-state index contributed by atoms with van der Waals surface area (Å²) in [6, 6.07) is 11.5. The van der Waals surface area contributed by atoms with Crippen molar-refractivity contribution in [1.29, 1.82) is 0 Å². The van der Waals surface area contributed by atoms with Crippen LogP contribution in [-0.2, 0) is 25.9 Å². The van der Waals surface area contributed by atoms with Crippen molar-refractivity contribution < 1.29 is 26.7 Å². The highest BCUT2D eigenvalue weighted by molar-refractivity contribution is 7.92. The summed E-state index contributed by atoms with van der Waals surface area (Å²) >= 11 is 0. The number of benzene rings is 2. The van der Waals surface area contributed by atoms with Gasteiger partial charge < -0.3 is 24.9 Å². The Balaban J connectivity index is 1.20. The van der Waals surface area contributed by atoms with E-state index in [1.807, 2.05) is 0 Å². The minimum Gasteiger partial charge on any atom is -0.414 e. The lowest BCUT2D eigenvalue weighted by Gasteiger charge is -2.22. The van der Waals surface area contributed by atoms with Crippen LogP contribution < -0.4 is 11.1 Å². The summed E-state index contributed by atoms with van der Waals surface area (Å²) in [7, 11) is -3.46. The van der Waals surface area contributed by atoms with Crippen LogP contribution >= 0.6 is 0 Å². The molecule has 2 aromatic carbocycles. The monoisotopic (exact) mass is 580 g/mol. The summed E-state index contributed by atoms with van der Waals surface area (Å²) in [4.78, 5) is 8.99. The topological polar surface area (TPSA) is 155 Å². The Morgan fingerprint density at radius 1 is 0.976 bits per heavy atom. The van der Waals surface area contributed by atoms with E-state index in [0.717, 1.165) is 18.6 Å². The highest BCUT2D eigenvalue weighted by Crippen LogP contribution is 2.30. The normalized spacial score (nSPS) is 18.1. The van der Waals surface area contributed by atoms with Gasteiger partial charge in [-0.15, -0.1) is 10.2 Å². The van der Waals surface area contributed by atoms with Gasteiger partial charge in [0.2, 0.25) is 0 Å². The van der Waals surface area contributed by atoms with Crippen molar-refractivity contribution in [2.75, 3.05) is 32.2 Å². The number of nitrogens with zero attached hydrogens (tertiary/aromatic N) is 4. The highest BCUT2D eigenvalue weighted by atomic mass is 32.2. The molecule has 0 bridgehead atoms. The van der Waals surface area contributed by atoms with Crippen LogP contribution in [0.5, 0.6) is 0 Å². The number of nitrogens with one attached hydrogen (secondary N) is 1. The molecule has 11 nitrogen and oxygen atoms in total. The van der Waals surface area contributed by atoms with Gasteiger partial charge in [-0.1, -0.05) is 18.2 Å². The summed E-state index contributed by atoms with van der Waals surface area (Å²) < 4.78 is 57.4. The number of halogens is 1. The predicted octanol–water partition coefficient (Wildman–Crippen LogP) is 3.41. The van der Waals surface area contributed by atoms with E-state index in [2.05, 4.69) is 25.5 Å². The van der Waals surface area contributed by atoms with Crippen molar-refractivity contribution in [3.63, 3.8) is 0 Å². The first kappa shape index (κ1) is 27.4. The lowest BCUT2D eigenvalue weighted by atomic mass is 10.1. The minimum absolute atomic E-state index is 0.0167. The smallest absolute Gasteiger partial charge is 0.270 e. The van der Waals surface area contributed by atoms with Gasteiger partial charge in [0.1, 0.15) is 5.82 Å². The molecule has 2 aliphatic heterocycles. The highest BCUT2D eigenvalue weighted by Gasteiger charge is 2.29. The largest absolute Gasteiger partial charge is 0.414 e. The van der Waals surface area contributed by atoms with Crippen LogP contribution in [0, 0.1) is 5.82 Å². The van der Waals surface area contributed by atoms with Gasteiger partial charge in [0, 0.05) is 38.0 Å². The Morgan fingerprint density at radius 2 is 1.73 bits per heavy atom. The molecular weight excluding hydrogens is 551 g/mol. The van der Waals surface area contributed by atoms with Crippen molar-refractivity contribution in [2.45, 2.75) is 42.0 Å². The molecular formula is C28H29FN6O5S. The quantitative estimate of drug-likeness (QED) is 0.315. The molecule has 0 spiro atoms. The molecule has 0 radical (unpaired) electrons. The molecule has 0 aliphatic carbocycles. The summed E-state index contributed by atoms with van der Waals surface area (Å²) in [5, 5.41) is 10.9. The fraction of sp³-hybridized carbons (Fsp3) is 0.357. The van der Waals surface area contributed by atoms with Crippen molar-refractivity contribution in [3.8, 4) is 34.3 Å². The van der Waals surface area contributed by atoms with E-state index in [0.29, 0.717) is 50.5 Å². The number of hydrogen-bond donors (Lipinski definition) is 2. The summed E-state index contributed by atoms with van der Waals surface area (Å²) in [5.74, 6) is -0.473. The SMILES string of the molecule is Nc1ncc(-c2ccc(S(=O)(=O)C3CCOCC3)cc2)nc1-c1nnc(-c2ccc(CN[C@H]3CCOC3)cc2F)o1. The Morgan fingerprint density at radius 3 is 2.46 bits per heavy atom. The molecule has 4 heterocycles. The third kappa shape index (κ3) is 5.84. The van der Waals surface area contributed by atoms with Gasteiger partial charge in [0.05, 0.1) is 34.2 Å². The van der Waals surface area contributed by atoms with Gasteiger partial charge in [0.25, 0.3) is 11.8 Å². The standard InChI is InChI=1S/C28H29FN6O5S/c29-23-13-17(14-31-19-7-10-39-16-19)1-6-22(23)27-34-35-28(40-27)25-26(30)32-15-24(33-25)18-2-4-20(5-3-18)41(36,37)21-8-11-38-12-9-21/h1-6,13,15,19,21,31H,7-12,14,16H2,(H2,30,32)/t19-/m0/s1. The predicted molar refractivity (Wildman–Crippen MR) is 148 cm³/mol. The van der Waals surface area contributed by atoms with E-state index in [-0.39, 0.29) is 39.8 Å². The van der Waals surface area contributed by atoms with Crippen LogP contribution in [0.2, 0.25) is 0 Å². The first-order valence-electron chi connectivity index (χ1n) is 13.4. The first-order chi connectivity index (χ1) is 19.9. The molecule has 0 saturated carbocycles. The summed E-state index contributed by atoms with van der Waals surface area (Å²) in [6.45, 7) is 2.78. The molecule has 6 rings (SSSR count). The first-order valence-corrected chi connectivity index (χ1v) is 14.9. The number of nitrogens with two attached hydrogens (primary N) is 1. The van der Waals surface area contributed by atoms with Crippen molar-refractivity contribution in [1.82, 2.24) is 25.5 Å². The molecule has 13 heteroatoms. The maximum atomic E-state index is 15.0. The molecule has 214 valence electrons. The van der Waals surface area contributed by atoms with E-state index in [9.17, 15) is 12.8 Å². The molecule has 2 fully saturated rings. The van der Waals surface area contributed by atoms with Crippen LogP contribution in [0.25, 0.3) is 34.3 Å². The Bertz CT molecular complexity index is 1630. The summed E-state index contributed by atoms with van der Waals surface area (Å²) in [5.41, 5.74) is 8.20. The Labute approximate surface area is 236 Å². The number of anilines is 1. The molecule has 0 amide bonds. The van der Waals surface area contributed by atoms with Crippen molar-refractivity contribution in [3.05, 3.63) is 60.0 Å². The number of hydrogen-bond acceptors (Lipinski definition) is 11. The van der Waals surface area contributed by atoms with E-state index in [4.69, 9.17) is 19.6 Å². The molecule has 41 heavy (non-hydrogen) atoms. The van der Waals surface area contributed by atoms with Crippen LogP contribution in [0.4, 0.5) is 10.2 Å². The molecule has 3 N–H and O–H groups in total. The van der Waals surface area contributed by atoms with E-state index in [1.165, 1.54) is 12.3 Å². The second-order valence-electron chi connectivity index (χ2n) is 10.0. The summed E-state index contributed by atoms with van der Waals surface area (Å²) in [6.07, 6.45) is 3.36. The van der Waals surface area contributed by atoms with Gasteiger partial charge in [-0.2, -0.15) is 0 Å². The maximum Gasteiger partial charge on any atom is 0.270 e. The second kappa shape index (κ2) is 11.6. The lowest BCUT2D eigenvalue weighted by molar-refractivity contribution is 0.0983. The fourth-order valence-corrected chi connectivity index (χ4v) is 6.63. The average Bonchev–Trinajstić information content (AvgIpc) is 3.70. The third-order valence-corrected chi connectivity index (χ3v) is 9.58. The Hall–Kier alpha value is -3.78. The molecule has 2 aliphatic rings. The lowest BCUT2D eigenvalue weighted by Crippen LogP contribution is -2.28. The molecule has 4 aromatic rings. The average molecular weight is 581 g/mol. The van der Waals surface area contributed by atoms with Gasteiger partial charge >= 0.3 is 0 Å². The molecule has 2 saturated heterocycles. The third-order valence-electron chi connectivity index (χ3n) is 7.30. The number of ether oxygens (including phenoxy) is 2. The fourth-order valence-electron chi connectivity index (χ4n) is 4.92. The number of sulfone groups is 1. The van der Waals surface area contributed by atoms with Crippen LogP contribution in [0.3, 0.4) is 0 Å². The van der Waals surface area contributed by atoms with E-state index in [1.54, 1.807) is 36.4 Å². The zero-order valence-electron chi connectivity index (χ0n) is 22.1. The van der Waals surface area contributed by atoms with Crippen molar-refractivity contribution >= 4 is 15.7 Å². The Kier molecular flexibility index (Phi) is 7.75. The van der Waals surface area contributed by atoms with Crippen molar-refractivity contribution in [2.24, 2.45) is 0 Å². The van der Waals surface area contributed by atoms with Gasteiger partial charge in [-0.25, -0.2) is 22.8 Å². The van der Waals surface area contributed by atoms with Gasteiger partial charge in [-0.3, -0.25) is 0 Å². The molecule has 1 atom stereocenters. The second-order valence-corrected chi connectivity index (χ2v) is 12.3. The van der Waals surface area contributed by atoms with E-state index >= 15 is 0 Å². The van der Waals surface area contributed by atoms with Crippen LogP contribution in [0.1, 0.15) is 24.8 Å². The number of nitrogen functional groups attached to an aromatic ring is 1. The number of aromatic nitrogens is 4. The minimum atomic E-state index is -3.46. The maximum absolute atomic E-state index is 15.0. The zero-order valence-corrected chi connectivity index (χ0v) is 22.9. The molecule has 0 unspecified atom stereocenters. The van der Waals surface area contributed by atoms with Gasteiger partial charge in [0.15, 0.2) is 21.3 Å².